The van der Waals surface area contributed by atoms with Crippen molar-refractivity contribution in [3.8, 4) is 11.5 Å². The third kappa shape index (κ3) is 3.31. The lowest BCUT2D eigenvalue weighted by molar-refractivity contribution is -0.138. The number of nitrogens with one attached hydrogen (secondary N) is 1. The van der Waals surface area contributed by atoms with E-state index >= 15 is 0 Å². The standard InChI is InChI=1S/C18H23N3O4/c1-4-21(18(23)11-6-5-7-11)10-16-19-13-9-15(25-3)14(24-2)8-12(13)17(22)20-16/h8-9,11H,4-7,10H2,1-3H3,(H,19,20,22). The Kier molecular flexibility index (Phi) is 4.92. The number of fused-ring (bicyclic) bond motifs is 1. The van der Waals surface area contributed by atoms with Crippen LogP contribution in [0, 0.1) is 5.92 Å². The van der Waals surface area contributed by atoms with Crippen LogP contribution in [-0.4, -0.2) is 41.5 Å². The number of aromatic nitrogens is 2. The van der Waals surface area contributed by atoms with E-state index in [0.717, 1.165) is 19.3 Å². The minimum Gasteiger partial charge on any atom is -0.493 e. The summed E-state index contributed by atoms with van der Waals surface area (Å²) in [6.45, 7) is 2.82. The molecule has 7 nitrogen and oxygen atoms in total. The maximum Gasteiger partial charge on any atom is 0.258 e. The molecule has 1 heterocycles. The molecule has 1 N–H and O–H groups in total. The third-order valence-corrected chi connectivity index (χ3v) is 4.75. The number of rotatable bonds is 6. The molecule has 2 aromatic rings. The maximum absolute atomic E-state index is 12.5. The lowest BCUT2D eigenvalue weighted by atomic mass is 9.84. The van der Waals surface area contributed by atoms with Crippen LogP contribution in [0.3, 0.4) is 0 Å². The summed E-state index contributed by atoms with van der Waals surface area (Å²) in [5.41, 5.74) is 0.261. The normalized spacial score (nSPS) is 14.2. The SMILES string of the molecule is CCN(Cc1nc2cc(OC)c(OC)cc2c(=O)[nH]1)C(=O)C1CCC1. The smallest absolute Gasteiger partial charge is 0.258 e. The monoisotopic (exact) mass is 345 g/mol. The maximum atomic E-state index is 12.5. The predicted octanol–water partition coefficient (Wildman–Crippen LogP) is 2.09. The molecule has 25 heavy (non-hydrogen) atoms. The lowest BCUT2D eigenvalue weighted by Crippen LogP contribution is -2.39. The fourth-order valence-corrected chi connectivity index (χ4v) is 3.03. The van der Waals surface area contributed by atoms with E-state index in [4.69, 9.17) is 9.47 Å². The largest absolute Gasteiger partial charge is 0.493 e. The highest BCUT2D eigenvalue weighted by Crippen LogP contribution is 2.30. The van der Waals surface area contributed by atoms with Gasteiger partial charge in [-0.05, 0) is 25.8 Å². The minimum absolute atomic E-state index is 0.122. The van der Waals surface area contributed by atoms with Crippen LogP contribution in [0.15, 0.2) is 16.9 Å². The van der Waals surface area contributed by atoms with Crippen LogP contribution in [-0.2, 0) is 11.3 Å². The van der Waals surface area contributed by atoms with Crippen molar-refractivity contribution in [1.82, 2.24) is 14.9 Å². The Balaban J connectivity index is 1.93. The fourth-order valence-electron chi connectivity index (χ4n) is 3.03. The molecule has 3 rings (SSSR count). The van der Waals surface area contributed by atoms with Gasteiger partial charge in [-0.15, -0.1) is 0 Å². The molecule has 0 bridgehead atoms. The summed E-state index contributed by atoms with van der Waals surface area (Å²) >= 11 is 0. The van der Waals surface area contributed by atoms with E-state index in [2.05, 4.69) is 9.97 Å². The van der Waals surface area contributed by atoms with Gasteiger partial charge in [0.2, 0.25) is 5.91 Å². The van der Waals surface area contributed by atoms with Gasteiger partial charge in [-0.2, -0.15) is 0 Å². The van der Waals surface area contributed by atoms with Crippen LogP contribution in [0.4, 0.5) is 0 Å². The Hall–Kier alpha value is -2.57. The van der Waals surface area contributed by atoms with Crippen LogP contribution in [0.5, 0.6) is 11.5 Å². The van der Waals surface area contributed by atoms with Gasteiger partial charge < -0.3 is 19.4 Å². The Morgan fingerprint density at radius 2 is 1.96 bits per heavy atom. The van der Waals surface area contributed by atoms with Crippen LogP contribution >= 0.6 is 0 Å². The van der Waals surface area contributed by atoms with E-state index in [9.17, 15) is 9.59 Å². The fraction of sp³-hybridized carbons (Fsp3) is 0.500. The first-order chi connectivity index (χ1) is 12.1. The molecule has 0 spiro atoms. The third-order valence-electron chi connectivity index (χ3n) is 4.75. The number of amides is 1. The summed E-state index contributed by atoms with van der Waals surface area (Å²) in [7, 11) is 3.05. The highest BCUT2D eigenvalue weighted by Gasteiger charge is 2.29. The quantitative estimate of drug-likeness (QED) is 0.866. The zero-order chi connectivity index (χ0) is 18.0. The molecule has 1 aromatic heterocycles. The average Bonchev–Trinajstić information content (AvgIpc) is 2.56. The van der Waals surface area contributed by atoms with E-state index < -0.39 is 0 Å². The molecule has 1 aliphatic carbocycles. The van der Waals surface area contributed by atoms with E-state index in [0.29, 0.717) is 41.3 Å². The first-order valence-electron chi connectivity index (χ1n) is 8.51. The molecule has 1 amide bonds. The first-order valence-corrected chi connectivity index (χ1v) is 8.51. The van der Waals surface area contributed by atoms with Gasteiger partial charge >= 0.3 is 0 Å². The van der Waals surface area contributed by atoms with Crippen LogP contribution in [0.25, 0.3) is 10.9 Å². The Bertz CT molecular complexity index is 842. The number of H-pyrrole nitrogens is 1. The molecule has 1 aliphatic rings. The van der Waals surface area contributed by atoms with Gasteiger partial charge in [0.15, 0.2) is 11.5 Å². The number of hydrogen-bond acceptors (Lipinski definition) is 5. The van der Waals surface area contributed by atoms with Crippen molar-refractivity contribution in [2.75, 3.05) is 20.8 Å². The van der Waals surface area contributed by atoms with Crippen LogP contribution in [0.2, 0.25) is 0 Å². The van der Waals surface area contributed by atoms with E-state index in [1.807, 2.05) is 6.92 Å². The molecule has 134 valence electrons. The Morgan fingerprint density at radius 3 is 2.52 bits per heavy atom. The number of nitrogens with zero attached hydrogens (tertiary/aromatic N) is 2. The van der Waals surface area contributed by atoms with Crippen molar-refractivity contribution in [2.45, 2.75) is 32.7 Å². The molecule has 7 heteroatoms. The Labute approximate surface area is 146 Å². The van der Waals surface area contributed by atoms with E-state index in [1.165, 1.54) is 14.2 Å². The van der Waals surface area contributed by atoms with Gasteiger partial charge in [-0.3, -0.25) is 9.59 Å². The first kappa shape index (κ1) is 17.3. The second kappa shape index (κ2) is 7.13. The second-order valence-corrected chi connectivity index (χ2v) is 6.22. The highest BCUT2D eigenvalue weighted by atomic mass is 16.5. The molecular formula is C18H23N3O4. The summed E-state index contributed by atoms with van der Waals surface area (Å²) in [4.78, 5) is 33.9. The molecule has 1 saturated carbocycles. The second-order valence-electron chi connectivity index (χ2n) is 6.22. The van der Waals surface area contributed by atoms with Crippen molar-refractivity contribution in [3.05, 3.63) is 28.3 Å². The van der Waals surface area contributed by atoms with Gasteiger partial charge in [0, 0.05) is 18.5 Å². The average molecular weight is 345 g/mol. The van der Waals surface area contributed by atoms with Crippen molar-refractivity contribution in [1.29, 1.82) is 0 Å². The number of ether oxygens (including phenoxy) is 2. The van der Waals surface area contributed by atoms with Crippen molar-refractivity contribution in [2.24, 2.45) is 5.92 Å². The summed E-state index contributed by atoms with van der Waals surface area (Å²) in [6, 6.07) is 3.29. The molecule has 1 fully saturated rings. The van der Waals surface area contributed by atoms with Crippen molar-refractivity contribution in [3.63, 3.8) is 0 Å². The molecule has 0 aliphatic heterocycles. The zero-order valence-electron chi connectivity index (χ0n) is 14.8. The van der Waals surface area contributed by atoms with Gasteiger partial charge in [0.25, 0.3) is 5.56 Å². The van der Waals surface area contributed by atoms with Gasteiger partial charge in [0.05, 0.1) is 31.7 Å². The lowest BCUT2D eigenvalue weighted by Gasteiger charge is -2.30. The number of carbonyl (C=O) groups excluding carboxylic acids is 1. The molecular weight excluding hydrogens is 322 g/mol. The number of aromatic amines is 1. The Morgan fingerprint density at radius 1 is 1.28 bits per heavy atom. The number of benzene rings is 1. The van der Waals surface area contributed by atoms with Crippen molar-refractivity contribution >= 4 is 16.8 Å². The molecule has 1 aromatic carbocycles. The van der Waals surface area contributed by atoms with E-state index in [-0.39, 0.29) is 17.4 Å². The molecule has 0 saturated heterocycles. The summed E-state index contributed by atoms with van der Waals surface area (Å²) in [5.74, 6) is 1.72. The number of carbonyl (C=O) groups is 1. The van der Waals surface area contributed by atoms with E-state index in [1.54, 1.807) is 17.0 Å². The minimum atomic E-state index is -0.256. The summed E-state index contributed by atoms with van der Waals surface area (Å²) < 4.78 is 10.5. The summed E-state index contributed by atoms with van der Waals surface area (Å²) in [6.07, 6.45) is 3.02. The molecule has 0 atom stereocenters. The van der Waals surface area contributed by atoms with Gasteiger partial charge in [-0.25, -0.2) is 4.98 Å². The number of methoxy groups -OCH3 is 2. The topological polar surface area (TPSA) is 84.5 Å². The molecule has 0 unspecified atom stereocenters. The zero-order valence-corrected chi connectivity index (χ0v) is 14.8. The van der Waals surface area contributed by atoms with Gasteiger partial charge in [0.1, 0.15) is 5.82 Å². The summed E-state index contributed by atoms with van der Waals surface area (Å²) in [5, 5.41) is 0.426. The van der Waals surface area contributed by atoms with Gasteiger partial charge in [-0.1, -0.05) is 6.42 Å². The number of hydrogen-bond donors (Lipinski definition) is 1. The molecule has 0 radical (unpaired) electrons. The van der Waals surface area contributed by atoms with Crippen LogP contribution < -0.4 is 15.0 Å². The van der Waals surface area contributed by atoms with Crippen molar-refractivity contribution < 1.29 is 14.3 Å². The predicted molar refractivity (Wildman–Crippen MR) is 93.9 cm³/mol. The highest BCUT2D eigenvalue weighted by molar-refractivity contribution is 5.82. The van der Waals surface area contributed by atoms with Crippen LogP contribution in [0.1, 0.15) is 32.0 Å².